The zero-order chi connectivity index (χ0) is 48.2. The van der Waals surface area contributed by atoms with Gasteiger partial charge in [0.05, 0.1) is 22.3 Å². The molecule has 0 spiro atoms. The Morgan fingerprint density at radius 3 is 0.985 bits per heavy atom. The predicted molar refractivity (Wildman–Crippen MR) is 276 cm³/mol. The average Bonchev–Trinajstić information content (AvgIpc) is 3.34. The second kappa shape index (κ2) is 37.0. The number of amides is 4. The molecule has 0 radical (unpaired) electrons. The Labute approximate surface area is 402 Å². The molecule has 372 valence electrons. The summed E-state index contributed by atoms with van der Waals surface area (Å²) >= 11 is 0. The number of nitrogens with one attached hydrogen (secondary N) is 4. The Bertz CT molecular complexity index is 1550. The van der Waals surface area contributed by atoms with E-state index >= 15 is 0 Å². The zero-order valence-electron chi connectivity index (χ0n) is 42.8. The molecule has 0 bridgehead atoms. The van der Waals surface area contributed by atoms with Crippen molar-refractivity contribution in [3.8, 4) is 0 Å². The van der Waals surface area contributed by atoms with E-state index in [2.05, 4.69) is 62.8 Å². The summed E-state index contributed by atoms with van der Waals surface area (Å²) < 4.78 is 0. The van der Waals surface area contributed by atoms with Crippen LogP contribution in [0.15, 0.2) is 36.4 Å². The lowest BCUT2D eigenvalue weighted by Gasteiger charge is -2.18. The van der Waals surface area contributed by atoms with E-state index in [4.69, 9.17) is 0 Å². The molecule has 9 nitrogen and oxygen atoms in total. The van der Waals surface area contributed by atoms with Gasteiger partial charge >= 0.3 is 0 Å². The highest BCUT2D eigenvalue weighted by Gasteiger charge is 2.24. The minimum Gasteiger partial charge on any atom is -0.352 e. The maximum Gasteiger partial charge on any atom is 0.252 e. The van der Waals surface area contributed by atoms with Crippen LogP contribution < -0.4 is 21.3 Å². The van der Waals surface area contributed by atoms with Crippen LogP contribution in [0, 0.1) is 11.8 Å². The van der Waals surface area contributed by atoms with Crippen molar-refractivity contribution < 1.29 is 24.0 Å². The van der Waals surface area contributed by atoms with Gasteiger partial charge < -0.3 is 21.3 Å². The van der Waals surface area contributed by atoms with Crippen LogP contribution in [0.2, 0.25) is 0 Å². The van der Waals surface area contributed by atoms with Crippen LogP contribution in [0.25, 0.3) is 0 Å². The highest BCUT2D eigenvalue weighted by molar-refractivity contribution is 6.15. The monoisotopic (exact) mass is 915 g/mol. The lowest BCUT2D eigenvalue weighted by Crippen LogP contribution is -2.33. The van der Waals surface area contributed by atoms with Crippen LogP contribution in [-0.4, -0.2) is 55.6 Å². The molecular formula is C57H94N4O5. The largest absolute Gasteiger partial charge is 0.352 e. The van der Waals surface area contributed by atoms with Gasteiger partial charge in [0.2, 0.25) is 0 Å². The van der Waals surface area contributed by atoms with Crippen LogP contribution >= 0.6 is 0 Å². The molecule has 2 aromatic carbocycles. The number of benzene rings is 2. The summed E-state index contributed by atoms with van der Waals surface area (Å²) in [5.41, 5.74) is 1.18. The Hall–Kier alpha value is -4.01. The van der Waals surface area contributed by atoms with Gasteiger partial charge in [0, 0.05) is 37.3 Å². The second-order valence-corrected chi connectivity index (χ2v) is 19.0. The third-order valence-electron chi connectivity index (χ3n) is 13.4. The minimum atomic E-state index is -0.406. The van der Waals surface area contributed by atoms with Crippen LogP contribution in [0.4, 0.5) is 0 Å². The molecule has 2 unspecified atom stereocenters. The van der Waals surface area contributed by atoms with Gasteiger partial charge in [-0.25, -0.2) is 0 Å². The first kappa shape index (κ1) is 58.1. The molecule has 2 aromatic rings. The van der Waals surface area contributed by atoms with Crippen molar-refractivity contribution >= 4 is 29.4 Å². The Morgan fingerprint density at radius 1 is 0.364 bits per heavy atom. The molecule has 66 heavy (non-hydrogen) atoms. The molecule has 0 aliphatic heterocycles. The number of ketones is 1. The Morgan fingerprint density at radius 2 is 0.667 bits per heavy atom. The predicted octanol–water partition coefficient (Wildman–Crippen LogP) is 14.1. The van der Waals surface area contributed by atoms with Gasteiger partial charge in [-0.1, -0.05) is 208 Å². The number of rotatable bonds is 40. The molecule has 2 rings (SSSR count). The van der Waals surface area contributed by atoms with Gasteiger partial charge in [-0.05, 0) is 61.8 Å². The lowest BCUT2D eigenvalue weighted by atomic mass is 9.94. The van der Waals surface area contributed by atoms with E-state index < -0.39 is 17.6 Å². The molecular weight excluding hydrogens is 821 g/mol. The van der Waals surface area contributed by atoms with Gasteiger partial charge in [-0.2, -0.15) is 0 Å². The molecule has 0 saturated heterocycles. The standard InChI is InChI=1S/C57H94N4O5/c1-7-13-17-19-21-23-25-27-29-31-39-58-54(63)49-37-35-47(41-51(49)56(65)60-43-45(11-5)33-15-9-3)53(62)48-36-38-50(52(42-48)57(66)61-44-46(12-6)34-16-10-4)55(64)59-40-32-30-28-26-24-22-20-18-14-8-2/h35-38,41-42,45-46H,7-34,39-40,43-44H2,1-6H3,(H,58,63)(H,59,64)(H,60,65)(H,61,66). The molecule has 4 amide bonds. The zero-order valence-corrected chi connectivity index (χ0v) is 42.8. The number of unbranched alkanes of at least 4 members (excludes halogenated alkanes) is 20. The van der Waals surface area contributed by atoms with Gasteiger partial charge in [-0.3, -0.25) is 24.0 Å². The fourth-order valence-corrected chi connectivity index (χ4v) is 8.68. The van der Waals surface area contributed by atoms with E-state index in [0.29, 0.717) is 38.0 Å². The SMILES string of the molecule is CCCCCCCCCCCCNC(=O)c1ccc(C(=O)c2ccc(C(=O)NCCCCCCCCCCCC)c(C(=O)NCC(CC)CCCC)c2)cc1C(=O)NCC(CC)CCCC. The van der Waals surface area contributed by atoms with Crippen LogP contribution in [0.1, 0.15) is 279 Å². The van der Waals surface area contributed by atoms with Crippen molar-refractivity contribution in [2.24, 2.45) is 11.8 Å². The molecule has 0 saturated carbocycles. The fraction of sp³-hybridized carbons (Fsp3) is 0.702. The second-order valence-electron chi connectivity index (χ2n) is 19.0. The molecule has 0 heterocycles. The van der Waals surface area contributed by atoms with Crippen LogP contribution in [-0.2, 0) is 0 Å². The molecule has 0 aliphatic rings. The van der Waals surface area contributed by atoms with Crippen molar-refractivity contribution in [2.75, 3.05) is 26.2 Å². The van der Waals surface area contributed by atoms with E-state index in [1.807, 2.05) is 0 Å². The van der Waals surface area contributed by atoms with E-state index in [9.17, 15) is 24.0 Å². The van der Waals surface area contributed by atoms with Crippen LogP contribution in [0.5, 0.6) is 0 Å². The fourth-order valence-electron chi connectivity index (χ4n) is 8.68. The van der Waals surface area contributed by atoms with Gasteiger partial charge in [0.1, 0.15) is 0 Å². The van der Waals surface area contributed by atoms with Crippen LogP contribution in [0.3, 0.4) is 0 Å². The van der Waals surface area contributed by atoms with Crippen molar-refractivity contribution in [2.45, 2.75) is 221 Å². The molecule has 4 N–H and O–H groups in total. The maximum atomic E-state index is 14.3. The summed E-state index contributed by atoms with van der Waals surface area (Å²) in [4.78, 5) is 69.5. The van der Waals surface area contributed by atoms with E-state index in [0.717, 1.165) is 89.9 Å². The van der Waals surface area contributed by atoms with E-state index in [-0.39, 0.29) is 45.2 Å². The summed E-state index contributed by atoms with van der Waals surface area (Å²) in [5.74, 6) is -1.27. The third-order valence-corrected chi connectivity index (χ3v) is 13.4. The van der Waals surface area contributed by atoms with E-state index in [1.165, 1.54) is 102 Å². The summed E-state index contributed by atoms with van der Waals surface area (Å²) in [5, 5.41) is 12.2. The summed E-state index contributed by atoms with van der Waals surface area (Å²) in [6.45, 7) is 15.0. The number of hydrogen-bond acceptors (Lipinski definition) is 5. The number of carbonyl (C=O) groups is 5. The van der Waals surface area contributed by atoms with Gasteiger partial charge in [0.25, 0.3) is 23.6 Å². The molecule has 2 atom stereocenters. The molecule has 0 aliphatic carbocycles. The van der Waals surface area contributed by atoms with Gasteiger partial charge in [0.15, 0.2) is 5.78 Å². The normalized spacial score (nSPS) is 12.1. The Kier molecular flexibility index (Phi) is 32.6. The van der Waals surface area contributed by atoms with Crippen molar-refractivity contribution in [3.05, 3.63) is 69.8 Å². The van der Waals surface area contributed by atoms with Crippen molar-refractivity contribution in [3.63, 3.8) is 0 Å². The van der Waals surface area contributed by atoms with Gasteiger partial charge in [-0.15, -0.1) is 0 Å². The van der Waals surface area contributed by atoms with Crippen molar-refractivity contribution in [1.29, 1.82) is 0 Å². The lowest BCUT2D eigenvalue weighted by molar-refractivity contribution is 0.0914. The first-order valence-electron chi connectivity index (χ1n) is 27.1. The molecule has 0 fully saturated rings. The highest BCUT2D eigenvalue weighted by atomic mass is 16.2. The number of hydrogen-bond donors (Lipinski definition) is 4. The smallest absolute Gasteiger partial charge is 0.252 e. The van der Waals surface area contributed by atoms with E-state index in [1.54, 1.807) is 24.3 Å². The first-order chi connectivity index (χ1) is 32.1. The summed E-state index contributed by atoms with van der Waals surface area (Å²) in [6.07, 6.45) is 32.1. The number of carbonyl (C=O) groups excluding carboxylic acids is 5. The summed E-state index contributed by atoms with van der Waals surface area (Å²) in [6, 6.07) is 9.30. The maximum absolute atomic E-state index is 14.3. The summed E-state index contributed by atoms with van der Waals surface area (Å²) in [7, 11) is 0. The third kappa shape index (κ3) is 23.6. The Balaban J connectivity index is 2.30. The average molecular weight is 915 g/mol. The quantitative estimate of drug-likeness (QED) is 0.0390. The molecule has 0 aromatic heterocycles. The minimum absolute atomic E-state index is 0.144. The highest BCUT2D eigenvalue weighted by Crippen LogP contribution is 2.22. The van der Waals surface area contributed by atoms with Crippen molar-refractivity contribution in [1.82, 2.24) is 21.3 Å². The molecule has 9 heteroatoms. The topological polar surface area (TPSA) is 133 Å². The first-order valence-corrected chi connectivity index (χ1v) is 27.1.